The summed E-state index contributed by atoms with van der Waals surface area (Å²) in [5.74, 6) is -0.753. The van der Waals surface area contributed by atoms with E-state index in [1.807, 2.05) is 30.5 Å². The lowest BCUT2D eigenvalue weighted by molar-refractivity contribution is -0.384. The number of thiazole rings is 1. The molecule has 10 nitrogen and oxygen atoms in total. The van der Waals surface area contributed by atoms with Gasteiger partial charge in [0.05, 0.1) is 10.6 Å². The van der Waals surface area contributed by atoms with E-state index < -0.39 is 22.0 Å². The van der Waals surface area contributed by atoms with E-state index in [2.05, 4.69) is 20.4 Å². The van der Waals surface area contributed by atoms with E-state index in [0.29, 0.717) is 16.5 Å². The number of fused-ring (bicyclic) bond motifs is 1. The average molecular weight is 472 g/mol. The molecule has 0 radical (unpaired) electrons. The molecule has 0 fully saturated rings. The predicted octanol–water partition coefficient (Wildman–Crippen LogP) is 4.31. The van der Waals surface area contributed by atoms with Crippen molar-refractivity contribution in [3.8, 4) is 16.9 Å². The summed E-state index contributed by atoms with van der Waals surface area (Å²) in [6.45, 7) is 1.58. The lowest BCUT2D eigenvalue weighted by Gasteiger charge is -2.11. The summed E-state index contributed by atoms with van der Waals surface area (Å²) >= 11 is 1.21. The Morgan fingerprint density at radius 3 is 2.76 bits per heavy atom. The van der Waals surface area contributed by atoms with Crippen molar-refractivity contribution in [1.82, 2.24) is 19.7 Å². The summed E-state index contributed by atoms with van der Waals surface area (Å²) in [6, 6.07) is 15.0. The molecular formula is C23H16N6O4S. The van der Waals surface area contributed by atoms with Gasteiger partial charge in [-0.3, -0.25) is 25.0 Å². The molecule has 11 heteroatoms. The SMILES string of the molecule is Cc1cc(=O)c(C(=O)Nc2nc(-c3c[nH]c4ccccc34)cs2)nn1-c1ccccc1[N+](=O)[O-]. The van der Waals surface area contributed by atoms with Crippen LogP contribution in [0.25, 0.3) is 27.8 Å². The maximum absolute atomic E-state index is 12.9. The molecule has 0 spiro atoms. The van der Waals surface area contributed by atoms with Crippen LogP contribution >= 0.6 is 11.3 Å². The summed E-state index contributed by atoms with van der Waals surface area (Å²) < 4.78 is 1.22. The minimum atomic E-state index is -0.753. The number of hydrogen-bond acceptors (Lipinski definition) is 7. The zero-order chi connectivity index (χ0) is 23.8. The van der Waals surface area contributed by atoms with Crippen LogP contribution in [0.4, 0.5) is 10.8 Å². The van der Waals surface area contributed by atoms with Crippen LogP contribution in [0.2, 0.25) is 0 Å². The van der Waals surface area contributed by atoms with Crippen molar-refractivity contribution in [3.05, 3.63) is 97.9 Å². The molecule has 0 atom stereocenters. The molecule has 1 amide bonds. The number of nitrogens with zero attached hydrogens (tertiary/aromatic N) is 4. The van der Waals surface area contributed by atoms with Crippen molar-refractivity contribution in [3.63, 3.8) is 0 Å². The maximum atomic E-state index is 12.9. The van der Waals surface area contributed by atoms with E-state index in [1.54, 1.807) is 18.4 Å². The van der Waals surface area contributed by atoms with Crippen LogP contribution in [0.1, 0.15) is 16.2 Å². The van der Waals surface area contributed by atoms with Gasteiger partial charge in [0.25, 0.3) is 11.6 Å². The first-order chi connectivity index (χ1) is 16.4. The summed E-state index contributed by atoms with van der Waals surface area (Å²) in [4.78, 5) is 44.0. The largest absolute Gasteiger partial charge is 0.360 e. The minimum Gasteiger partial charge on any atom is -0.360 e. The Balaban J connectivity index is 1.47. The van der Waals surface area contributed by atoms with Gasteiger partial charge in [0.2, 0.25) is 5.43 Å². The van der Waals surface area contributed by atoms with Gasteiger partial charge < -0.3 is 4.98 Å². The van der Waals surface area contributed by atoms with E-state index >= 15 is 0 Å². The molecule has 3 heterocycles. The molecule has 5 rings (SSSR count). The molecule has 3 aromatic heterocycles. The number of hydrogen-bond donors (Lipinski definition) is 2. The van der Waals surface area contributed by atoms with Crippen LogP contribution in [-0.2, 0) is 0 Å². The molecule has 0 bridgehead atoms. The van der Waals surface area contributed by atoms with Gasteiger partial charge in [-0.1, -0.05) is 30.3 Å². The fraction of sp³-hybridized carbons (Fsp3) is 0.0435. The third kappa shape index (κ3) is 3.73. The van der Waals surface area contributed by atoms with E-state index in [0.717, 1.165) is 16.5 Å². The average Bonchev–Trinajstić information content (AvgIpc) is 3.46. The molecule has 34 heavy (non-hydrogen) atoms. The van der Waals surface area contributed by atoms with Crippen molar-refractivity contribution in [2.24, 2.45) is 0 Å². The Hall–Kier alpha value is -4.64. The third-order valence-electron chi connectivity index (χ3n) is 5.22. The van der Waals surface area contributed by atoms with E-state index in [1.165, 1.54) is 40.3 Å². The van der Waals surface area contributed by atoms with Gasteiger partial charge in [-0.15, -0.1) is 11.3 Å². The highest BCUT2D eigenvalue weighted by molar-refractivity contribution is 7.14. The van der Waals surface area contributed by atoms with E-state index in [-0.39, 0.29) is 11.4 Å². The monoisotopic (exact) mass is 472 g/mol. The first kappa shape index (κ1) is 21.2. The minimum absolute atomic E-state index is 0.148. The standard InChI is InChI=1S/C23H16N6O4S/c1-13-10-20(30)21(27-28(13)18-8-4-5-9-19(18)29(32)33)22(31)26-23-25-17(12-34-23)15-11-24-16-7-3-2-6-14(15)16/h2-12,24H,1H3,(H,25,26,31). The van der Waals surface area contributed by atoms with Crippen molar-refractivity contribution in [1.29, 1.82) is 0 Å². The maximum Gasteiger partial charge on any atom is 0.294 e. The molecule has 0 aliphatic carbocycles. The van der Waals surface area contributed by atoms with Crippen LogP contribution in [-0.4, -0.2) is 30.6 Å². The summed E-state index contributed by atoms with van der Waals surface area (Å²) in [7, 11) is 0. The number of H-pyrrole nitrogens is 1. The van der Waals surface area contributed by atoms with Gasteiger partial charge in [-0.2, -0.15) is 5.10 Å². The number of rotatable bonds is 5. The summed E-state index contributed by atoms with van der Waals surface area (Å²) in [5, 5.41) is 21.3. The number of nitro benzene ring substituents is 1. The van der Waals surface area contributed by atoms with Crippen LogP contribution in [0.15, 0.2) is 71.0 Å². The quantitative estimate of drug-likeness (QED) is 0.289. The highest BCUT2D eigenvalue weighted by atomic mass is 32.1. The number of nitro groups is 1. The van der Waals surface area contributed by atoms with Crippen LogP contribution < -0.4 is 10.7 Å². The van der Waals surface area contributed by atoms with Gasteiger partial charge in [0.15, 0.2) is 10.8 Å². The van der Waals surface area contributed by atoms with Crippen molar-refractivity contribution in [2.75, 3.05) is 5.32 Å². The number of carbonyl (C=O) groups is 1. The number of aryl methyl sites for hydroxylation is 1. The van der Waals surface area contributed by atoms with E-state index in [9.17, 15) is 19.7 Å². The number of carbonyl (C=O) groups excluding carboxylic acids is 1. The predicted molar refractivity (Wildman–Crippen MR) is 129 cm³/mol. The van der Waals surface area contributed by atoms with Gasteiger partial charge in [-0.25, -0.2) is 9.67 Å². The van der Waals surface area contributed by atoms with Crippen molar-refractivity contribution < 1.29 is 9.72 Å². The molecule has 0 unspecified atom stereocenters. The number of aromatic amines is 1. The normalized spacial score (nSPS) is 11.0. The third-order valence-corrected chi connectivity index (χ3v) is 5.98. The fourth-order valence-electron chi connectivity index (χ4n) is 3.64. The first-order valence-electron chi connectivity index (χ1n) is 10.1. The van der Waals surface area contributed by atoms with Crippen molar-refractivity contribution in [2.45, 2.75) is 6.92 Å². The number of anilines is 1. The summed E-state index contributed by atoms with van der Waals surface area (Å²) in [5.41, 5.74) is 1.84. The number of amides is 1. The molecule has 0 saturated carbocycles. The Kier molecular flexibility index (Phi) is 5.22. The Morgan fingerprint density at radius 1 is 1.18 bits per heavy atom. The van der Waals surface area contributed by atoms with Crippen LogP contribution in [0, 0.1) is 17.0 Å². The van der Waals surface area contributed by atoms with Gasteiger partial charge in [0.1, 0.15) is 5.69 Å². The van der Waals surface area contributed by atoms with Gasteiger partial charge >= 0.3 is 0 Å². The van der Waals surface area contributed by atoms with E-state index in [4.69, 9.17) is 0 Å². The number of benzene rings is 2. The smallest absolute Gasteiger partial charge is 0.294 e. The first-order valence-corrected chi connectivity index (χ1v) is 11.0. The number of para-hydroxylation sites is 3. The fourth-order valence-corrected chi connectivity index (χ4v) is 4.35. The van der Waals surface area contributed by atoms with Crippen LogP contribution in [0.3, 0.4) is 0 Å². The molecule has 5 aromatic rings. The molecule has 0 saturated heterocycles. The molecule has 2 aromatic carbocycles. The molecule has 0 aliphatic rings. The Morgan fingerprint density at radius 2 is 1.94 bits per heavy atom. The molecule has 168 valence electrons. The lowest BCUT2D eigenvalue weighted by Crippen LogP contribution is -2.27. The van der Waals surface area contributed by atoms with Gasteiger partial charge in [0, 0.05) is 45.9 Å². The molecule has 2 N–H and O–H groups in total. The molecular weight excluding hydrogens is 456 g/mol. The Labute approximate surface area is 195 Å². The summed E-state index contributed by atoms with van der Waals surface area (Å²) in [6.07, 6.45) is 1.85. The highest BCUT2D eigenvalue weighted by Crippen LogP contribution is 2.31. The molecule has 0 aliphatic heterocycles. The zero-order valence-corrected chi connectivity index (χ0v) is 18.5. The highest BCUT2D eigenvalue weighted by Gasteiger charge is 2.21. The van der Waals surface area contributed by atoms with Crippen molar-refractivity contribution >= 4 is 39.0 Å². The van der Waals surface area contributed by atoms with Gasteiger partial charge in [-0.05, 0) is 19.1 Å². The second-order valence-corrected chi connectivity index (χ2v) is 8.25. The second kappa shape index (κ2) is 8.37. The lowest BCUT2D eigenvalue weighted by atomic mass is 10.1. The zero-order valence-electron chi connectivity index (χ0n) is 17.7. The Bertz CT molecular complexity index is 1630. The topological polar surface area (TPSA) is 136 Å². The number of aromatic nitrogens is 4. The van der Waals surface area contributed by atoms with Crippen LogP contribution in [0.5, 0.6) is 0 Å². The second-order valence-electron chi connectivity index (χ2n) is 7.40. The number of nitrogens with one attached hydrogen (secondary N) is 2.